The van der Waals surface area contributed by atoms with E-state index < -0.39 is 0 Å². The molecule has 0 fully saturated rings. The second-order valence-corrected chi connectivity index (χ2v) is 4.95. The van der Waals surface area contributed by atoms with Crippen LogP contribution in [0.5, 0.6) is 0 Å². The van der Waals surface area contributed by atoms with Crippen molar-refractivity contribution >= 4 is 5.91 Å². The van der Waals surface area contributed by atoms with Gasteiger partial charge in [0.05, 0.1) is 13.0 Å². The first kappa shape index (κ1) is 12.0. The van der Waals surface area contributed by atoms with Gasteiger partial charge < -0.3 is 10.3 Å². The fourth-order valence-electron chi connectivity index (χ4n) is 2.56. The summed E-state index contributed by atoms with van der Waals surface area (Å²) >= 11 is 0. The van der Waals surface area contributed by atoms with E-state index in [1.807, 2.05) is 0 Å². The van der Waals surface area contributed by atoms with Crippen LogP contribution in [0.15, 0.2) is 30.6 Å². The number of nitrogens with one attached hydrogen (secondary N) is 2. The average Bonchev–Trinajstić information content (AvgIpc) is 3.07. The number of aromatic amines is 1. The van der Waals surface area contributed by atoms with Crippen molar-refractivity contribution in [3.8, 4) is 0 Å². The van der Waals surface area contributed by atoms with Gasteiger partial charge in [0, 0.05) is 12.4 Å². The Labute approximate surface area is 112 Å². The van der Waals surface area contributed by atoms with E-state index in [4.69, 9.17) is 0 Å². The first-order valence-electron chi connectivity index (χ1n) is 6.67. The Morgan fingerprint density at radius 2 is 2.21 bits per heavy atom. The van der Waals surface area contributed by atoms with Crippen molar-refractivity contribution in [2.45, 2.75) is 32.2 Å². The molecule has 0 radical (unpaired) electrons. The number of H-pyrrole nitrogens is 1. The summed E-state index contributed by atoms with van der Waals surface area (Å²) in [5.74, 6) is 0.816. The van der Waals surface area contributed by atoms with Gasteiger partial charge in [-0.3, -0.25) is 4.79 Å². The van der Waals surface area contributed by atoms with Crippen molar-refractivity contribution in [1.29, 1.82) is 0 Å². The number of aromatic nitrogens is 2. The maximum atomic E-state index is 11.9. The Hall–Kier alpha value is -2.10. The molecule has 0 saturated heterocycles. The molecule has 1 aromatic heterocycles. The number of aryl methyl sites for hydroxylation is 2. The maximum absolute atomic E-state index is 11.9. The smallest absolute Gasteiger partial charge is 0.224 e. The minimum atomic E-state index is 0.0364. The van der Waals surface area contributed by atoms with Crippen molar-refractivity contribution in [1.82, 2.24) is 15.3 Å². The third-order valence-electron chi connectivity index (χ3n) is 3.54. The second kappa shape index (κ2) is 5.26. The molecule has 2 N–H and O–H groups in total. The molecule has 0 aliphatic heterocycles. The zero-order chi connectivity index (χ0) is 13.1. The van der Waals surface area contributed by atoms with Gasteiger partial charge >= 0.3 is 0 Å². The molecule has 1 aliphatic carbocycles. The van der Waals surface area contributed by atoms with Crippen molar-refractivity contribution in [3.63, 3.8) is 0 Å². The largest absolute Gasteiger partial charge is 0.349 e. The van der Waals surface area contributed by atoms with Crippen LogP contribution in [-0.4, -0.2) is 15.9 Å². The Morgan fingerprint density at radius 3 is 3.05 bits per heavy atom. The molecule has 3 rings (SSSR count). The number of imidazole rings is 1. The fourth-order valence-corrected chi connectivity index (χ4v) is 2.56. The number of hydrogen-bond acceptors (Lipinski definition) is 2. The van der Waals surface area contributed by atoms with Gasteiger partial charge in [0.1, 0.15) is 5.82 Å². The van der Waals surface area contributed by atoms with Gasteiger partial charge in [0.25, 0.3) is 0 Å². The van der Waals surface area contributed by atoms with E-state index in [1.54, 1.807) is 12.4 Å². The highest BCUT2D eigenvalue weighted by atomic mass is 16.1. The van der Waals surface area contributed by atoms with Gasteiger partial charge in [-0.2, -0.15) is 0 Å². The lowest BCUT2D eigenvalue weighted by Gasteiger charge is -2.06. The fraction of sp³-hybridized carbons (Fsp3) is 0.333. The van der Waals surface area contributed by atoms with Crippen molar-refractivity contribution in [2.24, 2.45) is 0 Å². The minimum Gasteiger partial charge on any atom is -0.349 e. The molecular weight excluding hydrogens is 238 g/mol. The molecule has 1 heterocycles. The monoisotopic (exact) mass is 255 g/mol. The van der Waals surface area contributed by atoms with Crippen LogP contribution in [0, 0.1) is 0 Å². The average molecular weight is 255 g/mol. The maximum Gasteiger partial charge on any atom is 0.224 e. The van der Waals surface area contributed by atoms with Gasteiger partial charge in [0.2, 0.25) is 5.91 Å². The van der Waals surface area contributed by atoms with Crippen LogP contribution in [-0.2, 0) is 30.6 Å². The summed E-state index contributed by atoms with van der Waals surface area (Å²) in [4.78, 5) is 18.9. The molecule has 1 amide bonds. The predicted octanol–water partition coefficient (Wildman–Crippen LogP) is 1.76. The number of carbonyl (C=O) groups is 1. The Kier molecular flexibility index (Phi) is 3.31. The summed E-state index contributed by atoms with van der Waals surface area (Å²) in [5, 5.41) is 2.87. The molecule has 1 aromatic carbocycles. The number of nitrogens with zero attached hydrogens (tertiary/aromatic N) is 1. The molecule has 0 saturated carbocycles. The van der Waals surface area contributed by atoms with Gasteiger partial charge in [-0.05, 0) is 36.0 Å². The molecule has 0 bridgehead atoms. The van der Waals surface area contributed by atoms with Crippen LogP contribution in [0.3, 0.4) is 0 Å². The molecule has 4 heteroatoms. The zero-order valence-corrected chi connectivity index (χ0v) is 10.8. The summed E-state index contributed by atoms with van der Waals surface area (Å²) in [5.41, 5.74) is 3.95. The second-order valence-electron chi connectivity index (χ2n) is 4.95. The Bertz CT molecular complexity index is 575. The molecule has 0 unspecified atom stereocenters. The van der Waals surface area contributed by atoms with E-state index in [0.717, 1.165) is 17.8 Å². The highest BCUT2D eigenvalue weighted by Crippen LogP contribution is 2.22. The zero-order valence-electron chi connectivity index (χ0n) is 10.8. The van der Waals surface area contributed by atoms with Crippen LogP contribution in [0.4, 0.5) is 0 Å². The normalized spacial score (nSPS) is 13.3. The van der Waals surface area contributed by atoms with Crippen molar-refractivity contribution in [2.75, 3.05) is 0 Å². The van der Waals surface area contributed by atoms with E-state index in [0.29, 0.717) is 13.0 Å². The molecule has 19 heavy (non-hydrogen) atoms. The number of benzene rings is 1. The van der Waals surface area contributed by atoms with Crippen LogP contribution >= 0.6 is 0 Å². The molecule has 4 nitrogen and oxygen atoms in total. The van der Waals surface area contributed by atoms with E-state index >= 15 is 0 Å². The summed E-state index contributed by atoms with van der Waals surface area (Å²) in [6.07, 6.45) is 7.44. The summed E-state index contributed by atoms with van der Waals surface area (Å²) in [7, 11) is 0. The number of fused-ring (bicyclic) bond motifs is 1. The predicted molar refractivity (Wildman–Crippen MR) is 72.6 cm³/mol. The standard InChI is InChI=1S/C15H17N3O/c19-15(18-10-14-16-6-7-17-14)9-11-4-5-12-2-1-3-13(12)8-11/h4-8H,1-3,9-10H2,(H,16,17)(H,18,19). The van der Waals surface area contributed by atoms with E-state index in [1.165, 1.54) is 24.0 Å². The highest BCUT2D eigenvalue weighted by Gasteiger charge is 2.12. The quantitative estimate of drug-likeness (QED) is 0.874. The van der Waals surface area contributed by atoms with E-state index in [-0.39, 0.29) is 5.91 Å². The first-order valence-corrected chi connectivity index (χ1v) is 6.67. The summed E-state index contributed by atoms with van der Waals surface area (Å²) in [6.45, 7) is 0.455. The lowest BCUT2D eigenvalue weighted by atomic mass is 10.0. The molecule has 1 aliphatic rings. The number of amides is 1. The molecule has 0 spiro atoms. The lowest BCUT2D eigenvalue weighted by Crippen LogP contribution is -2.25. The van der Waals surface area contributed by atoms with Crippen LogP contribution in [0.1, 0.15) is 28.9 Å². The summed E-state index contributed by atoms with van der Waals surface area (Å²) < 4.78 is 0. The number of carbonyl (C=O) groups excluding carboxylic acids is 1. The minimum absolute atomic E-state index is 0.0364. The SMILES string of the molecule is O=C(Cc1ccc2c(c1)CCC2)NCc1ncc[nH]1. The topological polar surface area (TPSA) is 57.8 Å². The van der Waals surface area contributed by atoms with Crippen molar-refractivity contribution in [3.05, 3.63) is 53.1 Å². The van der Waals surface area contributed by atoms with Crippen LogP contribution in [0.25, 0.3) is 0 Å². The molecular formula is C15H17N3O. The Balaban J connectivity index is 1.57. The third kappa shape index (κ3) is 2.84. The van der Waals surface area contributed by atoms with E-state index in [2.05, 4.69) is 33.5 Å². The summed E-state index contributed by atoms with van der Waals surface area (Å²) in [6, 6.07) is 6.41. The van der Waals surface area contributed by atoms with Crippen LogP contribution < -0.4 is 5.32 Å². The van der Waals surface area contributed by atoms with Gasteiger partial charge in [-0.15, -0.1) is 0 Å². The number of rotatable bonds is 4. The van der Waals surface area contributed by atoms with E-state index in [9.17, 15) is 4.79 Å². The lowest BCUT2D eigenvalue weighted by molar-refractivity contribution is -0.120. The van der Waals surface area contributed by atoms with Gasteiger partial charge in [-0.1, -0.05) is 18.2 Å². The number of hydrogen-bond donors (Lipinski definition) is 2. The third-order valence-corrected chi connectivity index (χ3v) is 3.54. The Morgan fingerprint density at radius 1 is 1.32 bits per heavy atom. The first-order chi connectivity index (χ1) is 9.31. The van der Waals surface area contributed by atoms with Crippen molar-refractivity contribution < 1.29 is 4.79 Å². The molecule has 2 aromatic rings. The molecule has 98 valence electrons. The van der Waals surface area contributed by atoms with Gasteiger partial charge in [0.15, 0.2) is 0 Å². The van der Waals surface area contributed by atoms with Gasteiger partial charge in [-0.25, -0.2) is 4.98 Å². The molecule has 0 atom stereocenters. The van der Waals surface area contributed by atoms with Crippen LogP contribution in [0.2, 0.25) is 0 Å². The highest BCUT2D eigenvalue weighted by molar-refractivity contribution is 5.78.